The van der Waals surface area contributed by atoms with E-state index in [1.807, 2.05) is 0 Å². The summed E-state index contributed by atoms with van der Waals surface area (Å²) in [5, 5.41) is -0.0921. The summed E-state index contributed by atoms with van der Waals surface area (Å²) in [6.45, 7) is 0. The molecule has 0 spiro atoms. The molecule has 3 nitrogen and oxygen atoms in total. The fourth-order valence-corrected chi connectivity index (χ4v) is 1.35. The van der Waals surface area contributed by atoms with Gasteiger partial charge in [-0.1, -0.05) is 15.9 Å². The van der Waals surface area contributed by atoms with E-state index in [2.05, 4.69) is 20.7 Å². The molecule has 1 aromatic rings. The molecule has 1 aromatic carbocycles. The molecule has 7 heteroatoms. The van der Waals surface area contributed by atoms with Crippen molar-refractivity contribution < 1.29 is 22.7 Å². The minimum Gasteiger partial charge on any atom is -0.405 e. The average molecular weight is 298 g/mol. The molecule has 0 fully saturated rings. The molecule has 0 unspecified atom stereocenters. The Hall–Kier alpha value is -1.24. The molecule has 0 radical (unpaired) electrons. The number of carbonyl (C=O) groups excluding carboxylic acids is 1. The first kappa shape index (κ1) is 12.8. The number of halogens is 4. The second-order valence-corrected chi connectivity index (χ2v) is 3.42. The van der Waals surface area contributed by atoms with Crippen molar-refractivity contribution in [1.29, 1.82) is 0 Å². The molecule has 0 aliphatic heterocycles. The third-order valence-corrected chi connectivity index (χ3v) is 2.16. The van der Waals surface area contributed by atoms with Crippen LogP contribution in [0, 0.1) is 0 Å². The molecular weight excluding hydrogens is 291 g/mol. The molecule has 2 N–H and O–H groups in total. The lowest BCUT2D eigenvalue weighted by Gasteiger charge is -2.12. The number of ketones is 1. The zero-order valence-corrected chi connectivity index (χ0v) is 9.43. The van der Waals surface area contributed by atoms with Crippen LogP contribution in [0.4, 0.5) is 18.9 Å². The van der Waals surface area contributed by atoms with Gasteiger partial charge in [-0.15, -0.1) is 13.2 Å². The fourth-order valence-electron chi connectivity index (χ4n) is 1.05. The number of nitrogen functional groups attached to an aromatic ring is 1. The lowest BCUT2D eigenvalue weighted by Crippen LogP contribution is -2.19. The molecule has 0 amide bonds. The van der Waals surface area contributed by atoms with Crippen molar-refractivity contribution >= 4 is 27.4 Å². The Morgan fingerprint density at radius 1 is 1.44 bits per heavy atom. The smallest absolute Gasteiger partial charge is 0.405 e. The largest absolute Gasteiger partial charge is 0.573 e. The van der Waals surface area contributed by atoms with Crippen molar-refractivity contribution in [3.05, 3.63) is 23.8 Å². The third-order valence-electron chi connectivity index (χ3n) is 1.65. The number of anilines is 1. The predicted molar refractivity (Wildman–Crippen MR) is 55.7 cm³/mol. The molecule has 0 aromatic heterocycles. The van der Waals surface area contributed by atoms with Crippen molar-refractivity contribution in [2.45, 2.75) is 6.36 Å². The fraction of sp³-hybridized carbons (Fsp3) is 0.222. The van der Waals surface area contributed by atoms with Gasteiger partial charge in [0.25, 0.3) is 0 Å². The van der Waals surface area contributed by atoms with Gasteiger partial charge in [0.05, 0.1) is 10.9 Å². The van der Waals surface area contributed by atoms with Gasteiger partial charge in [-0.25, -0.2) is 0 Å². The number of rotatable bonds is 3. The number of hydrogen-bond acceptors (Lipinski definition) is 3. The van der Waals surface area contributed by atoms with Crippen molar-refractivity contribution in [3.8, 4) is 5.75 Å². The maximum atomic E-state index is 12.0. The first-order valence-corrected chi connectivity index (χ1v) is 5.20. The van der Waals surface area contributed by atoms with Gasteiger partial charge < -0.3 is 10.5 Å². The highest BCUT2D eigenvalue weighted by molar-refractivity contribution is 9.09. The van der Waals surface area contributed by atoms with Crippen LogP contribution in [-0.4, -0.2) is 17.5 Å². The molecule has 0 saturated carbocycles. The van der Waals surface area contributed by atoms with E-state index in [-0.39, 0.29) is 16.6 Å². The van der Waals surface area contributed by atoms with Gasteiger partial charge in [0.2, 0.25) is 0 Å². The third kappa shape index (κ3) is 3.41. The van der Waals surface area contributed by atoms with Crippen LogP contribution in [0.2, 0.25) is 0 Å². The summed E-state index contributed by atoms with van der Waals surface area (Å²) in [6, 6.07) is 3.49. The molecule has 88 valence electrons. The van der Waals surface area contributed by atoms with Crippen LogP contribution < -0.4 is 10.5 Å². The van der Waals surface area contributed by atoms with Crippen molar-refractivity contribution in [2.24, 2.45) is 0 Å². The average Bonchev–Trinajstić information content (AvgIpc) is 2.14. The van der Waals surface area contributed by atoms with E-state index >= 15 is 0 Å². The minimum absolute atomic E-state index is 0.0883. The van der Waals surface area contributed by atoms with Gasteiger partial charge in [-0.3, -0.25) is 4.79 Å². The number of ether oxygens (including phenoxy) is 1. The molecule has 0 bridgehead atoms. The normalized spacial score (nSPS) is 11.2. The summed E-state index contributed by atoms with van der Waals surface area (Å²) >= 11 is 2.87. The van der Waals surface area contributed by atoms with Crippen LogP contribution in [0.15, 0.2) is 18.2 Å². The monoisotopic (exact) mass is 297 g/mol. The van der Waals surface area contributed by atoms with Crippen LogP contribution >= 0.6 is 15.9 Å². The summed E-state index contributed by atoms with van der Waals surface area (Å²) < 4.78 is 39.8. The second kappa shape index (κ2) is 4.73. The zero-order valence-electron chi connectivity index (χ0n) is 7.84. The van der Waals surface area contributed by atoms with Crippen LogP contribution in [0.1, 0.15) is 10.4 Å². The summed E-state index contributed by atoms with van der Waals surface area (Å²) in [6.07, 6.45) is -4.85. The molecule has 0 saturated heterocycles. The van der Waals surface area contributed by atoms with Crippen molar-refractivity contribution in [2.75, 3.05) is 11.1 Å². The molecule has 16 heavy (non-hydrogen) atoms. The minimum atomic E-state index is -4.85. The second-order valence-electron chi connectivity index (χ2n) is 2.86. The van der Waals surface area contributed by atoms with Gasteiger partial charge in [0, 0.05) is 11.8 Å². The van der Waals surface area contributed by atoms with E-state index in [1.165, 1.54) is 12.1 Å². The maximum absolute atomic E-state index is 12.0. The SMILES string of the molecule is Nc1ccc(C(=O)CBr)c(OC(F)(F)F)c1. The Bertz CT molecular complexity index is 406. The summed E-state index contributed by atoms with van der Waals surface area (Å²) in [4.78, 5) is 11.3. The summed E-state index contributed by atoms with van der Waals surface area (Å²) in [5.41, 5.74) is 5.24. The number of benzene rings is 1. The predicted octanol–water partition coefficient (Wildman–Crippen LogP) is 2.75. The van der Waals surface area contributed by atoms with Crippen LogP contribution in [-0.2, 0) is 0 Å². The maximum Gasteiger partial charge on any atom is 0.573 e. The molecule has 1 rings (SSSR count). The number of Topliss-reactive ketones (excluding diaryl/α,β-unsaturated/α-hetero) is 1. The quantitative estimate of drug-likeness (QED) is 0.530. The number of alkyl halides is 4. The Labute approximate surface area is 97.5 Å². The number of carbonyl (C=O) groups is 1. The number of nitrogens with two attached hydrogens (primary N) is 1. The van der Waals surface area contributed by atoms with E-state index < -0.39 is 17.9 Å². The molecule has 0 atom stereocenters. The standard InChI is InChI=1S/C9H7BrF3NO2/c10-4-7(15)6-2-1-5(14)3-8(6)16-9(11,12)13/h1-3H,4,14H2. The molecule has 0 aliphatic rings. The van der Waals surface area contributed by atoms with Crippen LogP contribution in [0.25, 0.3) is 0 Å². The summed E-state index contributed by atoms with van der Waals surface area (Å²) in [5.74, 6) is -1.10. The molecule has 0 heterocycles. The molecule has 0 aliphatic carbocycles. The van der Waals surface area contributed by atoms with Crippen LogP contribution in [0.3, 0.4) is 0 Å². The Morgan fingerprint density at radius 2 is 2.06 bits per heavy atom. The highest BCUT2D eigenvalue weighted by Crippen LogP contribution is 2.28. The van der Waals surface area contributed by atoms with E-state index in [4.69, 9.17) is 5.73 Å². The Balaban J connectivity index is 3.13. The van der Waals surface area contributed by atoms with Gasteiger partial charge in [-0.05, 0) is 12.1 Å². The Morgan fingerprint density at radius 3 is 2.56 bits per heavy atom. The zero-order chi connectivity index (χ0) is 12.3. The lowest BCUT2D eigenvalue weighted by atomic mass is 10.1. The van der Waals surface area contributed by atoms with E-state index in [1.54, 1.807) is 0 Å². The van der Waals surface area contributed by atoms with Crippen molar-refractivity contribution in [1.82, 2.24) is 0 Å². The van der Waals surface area contributed by atoms with E-state index in [0.717, 1.165) is 6.07 Å². The number of hydrogen-bond donors (Lipinski definition) is 1. The van der Waals surface area contributed by atoms with Gasteiger partial charge in [0.15, 0.2) is 5.78 Å². The van der Waals surface area contributed by atoms with Gasteiger partial charge in [0.1, 0.15) is 5.75 Å². The van der Waals surface area contributed by atoms with E-state index in [0.29, 0.717) is 0 Å². The highest BCUT2D eigenvalue weighted by atomic mass is 79.9. The first-order valence-electron chi connectivity index (χ1n) is 4.08. The van der Waals surface area contributed by atoms with Crippen molar-refractivity contribution in [3.63, 3.8) is 0 Å². The first-order chi connectivity index (χ1) is 7.33. The van der Waals surface area contributed by atoms with Crippen LogP contribution in [0.5, 0.6) is 5.75 Å². The highest BCUT2D eigenvalue weighted by Gasteiger charge is 2.32. The lowest BCUT2D eigenvalue weighted by molar-refractivity contribution is -0.274. The topological polar surface area (TPSA) is 52.3 Å². The Kier molecular flexibility index (Phi) is 3.79. The summed E-state index contributed by atoms with van der Waals surface area (Å²) in [7, 11) is 0. The molecular formula is C9H7BrF3NO2. The van der Waals surface area contributed by atoms with Gasteiger partial charge >= 0.3 is 6.36 Å². The van der Waals surface area contributed by atoms with E-state index in [9.17, 15) is 18.0 Å². The van der Waals surface area contributed by atoms with Gasteiger partial charge in [-0.2, -0.15) is 0 Å².